The van der Waals surface area contributed by atoms with Gasteiger partial charge >= 0.3 is 0 Å². The van der Waals surface area contributed by atoms with Crippen molar-refractivity contribution >= 4 is 17.7 Å². The molecule has 1 aromatic carbocycles. The second kappa shape index (κ2) is 7.61. The summed E-state index contributed by atoms with van der Waals surface area (Å²) in [6, 6.07) is 7.34. The Hall–Kier alpha value is -2.15. The van der Waals surface area contributed by atoms with Crippen molar-refractivity contribution < 1.29 is 18.8 Å². The van der Waals surface area contributed by atoms with Gasteiger partial charge in [-0.3, -0.25) is 4.79 Å². The summed E-state index contributed by atoms with van der Waals surface area (Å²) in [6.45, 7) is 3.68. The van der Waals surface area contributed by atoms with Gasteiger partial charge in [-0.25, -0.2) is 0 Å². The fourth-order valence-electron chi connectivity index (χ4n) is 2.45. The zero-order valence-corrected chi connectivity index (χ0v) is 14.6. The summed E-state index contributed by atoms with van der Waals surface area (Å²) in [5.41, 5.74) is 1.42. The Balaban J connectivity index is 1.63. The van der Waals surface area contributed by atoms with Gasteiger partial charge < -0.3 is 18.9 Å². The van der Waals surface area contributed by atoms with E-state index in [2.05, 4.69) is 5.16 Å². The average molecular weight is 348 g/mol. The van der Waals surface area contributed by atoms with Gasteiger partial charge in [-0.2, -0.15) is 11.8 Å². The highest BCUT2D eigenvalue weighted by Crippen LogP contribution is 2.28. The highest BCUT2D eigenvalue weighted by atomic mass is 32.2. The van der Waals surface area contributed by atoms with Crippen molar-refractivity contribution in [1.29, 1.82) is 0 Å². The van der Waals surface area contributed by atoms with Crippen LogP contribution in [-0.4, -0.2) is 47.7 Å². The van der Waals surface area contributed by atoms with Gasteiger partial charge in [0.1, 0.15) is 6.61 Å². The van der Waals surface area contributed by atoms with Gasteiger partial charge in [0.15, 0.2) is 23.0 Å². The molecular weight excluding hydrogens is 328 g/mol. The van der Waals surface area contributed by atoms with Crippen molar-refractivity contribution in [3.05, 3.63) is 41.3 Å². The largest absolute Gasteiger partial charge is 0.493 e. The molecule has 0 N–H and O–H groups in total. The number of rotatable bonds is 5. The Bertz CT molecular complexity index is 710. The van der Waals surface area contributed by atoms with Crippen LogP contribution in [0, 0.1) is 6.92 Å². The Labute approximate surface area is 145 Å². The van der Waals surface area contributed by atoms with Crippen LogP contribution in [0.1, 0.15) is 21.8 Å². The maximum Gasteiger partial charge on any atom is 0.276 e. The van der Waals surface area contributed by atoms with Gasteiger partial charge in [0.25, 0.3) is 5.91 Å². The first kappa shape index (κ1) is 16.7. The second-order valence-electron chi connectivity index (χ2n) is 5.53. The van der Waals surface area contributed by atoms with Crippen LogP contribution in [-0.2, 0) is 6.61 Å². The van der Waals surface area contributed by atoms with Gasteiger partial charge in [0.05, 0.1) is 7.11 Å². The number of carbonyl (C=O) groups excluding carboxylic acids is 1. The number of methoxy groups -OCH3 is 1. The Morgan fingerprint density at radius 3 is 2.83 bits per heavy atom. The molecule has 24 heavy (non-hydrogen) atoms. The summed E-state index contributed by atoms with van der Waals surface area (Å²) in [4.78, 5) is 14.2. The summed E-state index contributed by atoms with van der Waals surface area (Å²) in [6.07, 6.45) is 0. The molecule has 0 unspecified atom stereocenters. The zero-order chi connectivity index (χ0) is 16.9. The van der Waals surface area contributed by atoms with Gasteiger partial charge in [0.2, 0.25) is 0 Å². The first-order chi connectivity index (χ1) is 11.7. The predicted octanol–water partition coefficient (Wildman–Crippen LogP) is 2.76. The minimum Gasteiger partial charge on any atom is -0.493 e. The maximum absolute atomic E-state index is 12.4. The van der Waals surface area contributed by atoms with Crippen molar-refractivity contribution in [2.75, 3.05) is 31.7 Å². The fourth-order valence-corrected chi connectivity index (χ4v) is 3.36. The Kier molecular flexibility index (Phi) is 5.30. The molecule has 0 bridgehead atoms. The summed E-state index contributed by atoms with van der Waals surface area (Å²) in [5, 5.41) is 3.88. The second-order valence-corrected chi connectivity index (χ2v) is 6.75. The first-order valence-electron chi connectivity index (χ1n) is 7.77. The van der Waals surface area contributed by atoms with E-state index in [1.54, 1.807) is 13.2 Å². The van der Waals surface area contributed by atoms with E-state index in [4.69, 9.17) is 14.0 Å². The van der Waals surface area contributed by atoms with Crippen molar-refractivity contribution in [2.45, 2.75) is 13.5 Å². The monoisotopic (exact) mass is 348 g/mol. The quantitative estimate of drug-likeness (QED) is 0.828. The van der Waals surface area contributed by atoms with E-state index < -0.39 is 0 Å². The van der Waals surface area contributed by atoms with Gasteiger partial charge in [-0.05, 0) is 24.6 Å². The first-order valence-corrected chi connectivity index (χ1v) is 8.93. The lowest BCUT2D eigenvalue weighted by atomic mass is 10.2. The molecule has 1 aliphatic rings. The molecule has 0 aliphatic carbocycles. The van der Waals surface area contributed by atoms with E-state index in [0.29, 0.717) is 23.0 Å². The number of ether oxygens (including phenoxy) is 2. The number of nitrogens with zero attached hydrogens (tertiary/aromatic N) is 2. The lowest BCUT2D eigenvalue weighted by molar-refractivity contribution is 0.0761. The number of aromatic nitrogens is 1. The van der Waals surface area contributed by atoms with Crippen LogP contribution in [0.5, 0.6) is 11.5 Å². The van der Waals surface area contributed by atoms with Gasteiger partial charge in [0, 0.05) is 30.7 Å². The summed E-state index contributed by atoms with van der Waals surface area (Å²) < 4.78 is 16.3. The molecule has 0 saturated carbocycles. The van der Waals surface area contributed by atoms with E-state index in [0.717, 1.165) is 30.2 Å². The van der Waals surface area contributed by atoms with Crippen LogP contribution in [0.25, 0.3) is 0 Å². The molecule has 6 nitrogen and oxygen atoms in total. The number of aryl methyl sites for hydroxylation is 1. The molecule has 0 radical (unpaired) electrons. The average Bonchev–Trinajstić information content (AvgIpc) is 3.09. The van der Waals surface area contributed by atoms with E-state index >= 15 is 0 Å². The van der Waals surface area contributed by atoms with E-state index in [1.165, 1.54) is 0 Å². The minimum atomic E-state index is -0.0850. The highest BCUT2D eigenvalue weighted by molar-refractivity contribution is 7.99. The van der Waals surface area contributed by atoms with Crippen LogP contribution in [0.4, 0.5) is 0 Å². The molecule has 128 valence electrons. The molecule has 1 saturated heterocycles. The molecular formula is C17H20N2O4S. The molecule has 7 heteroatoms. The number of hydrogen-bond acceptors (Lipinski definition) is 6. The van der Waals surface area contributed by atoms with Crippen molar-refractivity contribution in [2.24, 2.45) is 0 Å². The van der Waals surface area contributed by atoms with E-state index in [1.807, 2.05) is 41.8 Å². The van der Waals surface area contributed by atoms with Crippen molar-refractivity contribution in [1.82, 2.24) is 10.1 Å². The van der Waals surface area contributed by atoms with Crippen molar-refractivity contribution in [3.63, 3.8) is 0 Å². The predicted molar refractivity (Wildman–Crippen MR) is 91.8 cm³/mol. The SMILES string of the molecule is COc1cc(C)ccc1OCc1cc(C(=O)N2CCSCC2)no1. The summed E-state index contributed by atoms with van der Waals surface area (Å²) in [7, 11) is 1.60. The maximum atomic E-state index is 12.4. The van der Waals surface area contributed by atoms with Crippen molar-refractivity contribution in [3.8, 4) is 11.5 Å². The Morgan fingerprint density at radius 2 is 2.08 bits per heavy atom. The standard InChI is InChI=1S/C17H20N2O4S/c1-12-3-4-15(16(9-12)21-2)22-11-13-10-14(18-23-13)17(20)19-5-7-24-8-6-19/h3-4,9-10H,5-8,11H2,1-2H3. The van der Waals surface area contributed by atoms with E-state index in [-0.39, 0.29) is 12.5 Å². The molecule has 0 atom stereocenters. The summed E-state index contributed by atoms with van der Waals surface area (Å²) >= 11 is 1.86. The molecule has 2 aromatic rings. The van der Waals surface area contributed by atoms with Gasteiger partial charge in [-0.1, -0.05) is 11.2 Å². The number of carbonyl (C=O) groups is 1. The molecule has 2 heterocycles. The van der Waals surface area contributed by atoms with E-state index in [9.17, 15) is 4.79 Å². The molecule has 0 spiro atoms. The molecule has 3 rings (SSSR count). The molecule has 1 amide bonds. The Morgan fingerprint density at radius 1 is 1.29 bits per heavy atom. The molecule has 1 aliphatic heterocycles. The smallest absolute Gasteiger partial charge is 0.276 e. The number of hydrogen-bond donors (Lipinski definition) is 0. The topological polar surface area (TPSA) is 64.8 Å². The normalized spacial score (nSPS) is 14.5. The number of thioether (sulfide) groups is 1. The number of benzene rings is 1. The fraction of sp³-hybridized carbons (Fsp3) is 0.412. The highest BCUT2D eigenvalue weighted by Gasteiger charge is 2.22. The molecule has 1 fully saturated rings. The zero-order valence-electron chi connectivity index (χ0n) is 13.8. The summed E-state index contributed by atoms with van der Waals surface area (Å²) in [5.74, 6) is 3.64. The number of amides is 1. The lowest BCUT2D eigenvalue weighted by Gasteiger charge is -2.25. The van der Waals surface area contributed by atoms with Crippen LogP contribution in [0.2, 0.25) is 0 Å². The van der Waals surface area contributed by atoms with Gasteiger partial charge in [-0.15, -0.1) is 0 Å². The third-order valence-corrected chi connectivity index (χ3v) is 4.71. The van der Waals surface area contributed by atoms with Crippen LogP contribution in [0.3, 0.4) is 0 Å². The van der Waals surface area contributed by atoms with Crippen LogP contribution in [0.15, 0.2) is 28.8 Å². The minimum absolute atomic E-state index is 0.0850. The third-order valence-electron chi connectivity index (χ3n) is 3.77. The lowest BCUT2D eigenvalue weighted by Crippen LogP contribution is -2.38. The third kappa shape index (κ3) is 3.84. The van der Waals surface area contributed by atoms with Crippen LogP contribution < -0.4 is 9.47 Å². The molecule has 1 aromatic heterocycles. The van der Waals surface area contributed by atoms with Crippen LogP contribution >= 0.6 is 11.8 Å².